The molecule has 0 bridgehead atoms. The van der Waals surface area contributed by atoms with Gasteiger partial charge in [0.15, 0.2) is 5.82 Å². The molecular formula is C16H22N2O3. The SMILES string of the molecule is COc1cccc(Cc2noc(CC(O)CC(C)C)n2)c1. The molecule has 0 fully saturated rings. The van der Waals surface area contributed by atoms with Gasteiger partial charge in [0, 0.05) is 6.42 Å². The summed E-state index contributed by atoms with van der Waals surface area (Å²) in [7, 11) is 1.64. The Bertz CT molecular complexity index is 566. The summed E-state index contributed by atoms with van der Waals surface area (Å²) >= 11 is 0. The Morgan fingerprint density at radius 2 is 2.14 bits per heavy atom. The van der Waals surface area contributed by atoms with Gasteiger partial charge in [-0.1, -0.05) is 31.1 Å². The molecule has 0 amide bonds. The molecule has 5 nitrogen and oxygen atoms in total. The molecule has 0 aliphatic rings. The smallest absolute Gasteiger partial charge is 0.229 e. The largest absolute Gasteiger partial charge is 0.497 e. The third kappa shape index (κ3) is 4.86. The number of benzene rings is 1. The van der Waals surface area contributed by atoms with E-state index in [2.05, 4.69) is 24.0 Å². The third-order valence-electron chi connectivity index (χ3n) is 3.16. The number of aliphatic hydroxyl groups excluding tert-OH is 1. The summed E-state index contributed by atoms with van der Waals surface area (Å²) in [6, 6.07) is 7.77. The Labute approximate surface area is 125 Å². The molecule has 1 aromatic carbocycles. The Kier molecular flexibility index (Phi) is 5.33. The van der Waals surface area contributed by atoms with Gasteiger partial charge in [0.05, 0.1) is 19.6 Å². The van der Waals surface area contributed by atoms with Crippen molar-refractivity contribution in [2.75, 3.05) is 7.11 Å². The van der Waals surface area contributed by atoms with Crippen LogP contribution in [0.1, 0.15) is 37.5 Å². The first-order valence-electron chi connectivity index (χ1n) is 7.19. The maximum Gasteiger partial charge on any atom is 0.229 e. The monoisotopic (exact) mass is 290 g/mol. The molecule has 0 aliphatic carbocycles. The second-order valence-electron chi connectivity index (χ2n) is 5.62. The lowest BCUT2D eigenvalue weighted by atomic mass is 10.0. The number of nitrogens with zero attached hydrogens (tertiary/aromatic N) is 2. The molecule has 5 heteroatoms. The number of aliphatic hydroxyl groups is 1. The lowest BCUT2D eigenvalue weighted by molar-refractivity contribution is 0.138. The second-order valence-corrected chi connectivity index (χ2v) is 5.62. The van der Waals surface area contributed by atoms with Gasteiger partial charge in [-0.25, -0.2) is 0 Å². The Morgan fingerprint density at radius 1 is 1.33 bits per heavy atom. The van der Waals surface area contributed by atoms with Crippen molar-refractivity contribution in [3.63, 3.8) is 0 Å². The number of methoxy groups -OCH3 is 1. The van der Waals surface area contributed by atoms with Gasteiger partial charge in [-0.3, -0.25) is 0 Å². The number of rotatable bonds is 7. The van der Waals surface area contributed by atoms with E-state index in [0.29, 0.717) is 30.5 Å². The Hall–Kier alpha value is -1.88. The highest BCUT2D eigenvalue weighted by Gasteiger charge is 2.14. The molecule has 0 saturated heterocycles. The van der Waals surface area contributed by atoms with Crippen LogP contribution in [-0.4, -0.2) is 28.5 Å². The van der Waals surface area contributed by atoms with Crippen LogP contribution in [0, 0.1) is 5.92 Å². The van der Waals surface area contributed by atoms with E-state index in [4.69, 9.17) is 9.26 Å². The summed E-state index contributed by atoms with van der Waals surface area (Å²) in [6.45, 7) is 4.15. The Balaban J connectivity index is 1.96. The molecule has 1 N–H and O–H groups in total. The highest BCUT2D eigenvalue weighted by atomic mass is 16.5. The Morgan fingerprint density at radius 3 is 2.86 bits per heavy atom. The van der Waals surface area contributed by atoms with Gasteiger partial charge in [-0.15, -0.1) is 0 Å². The predicted octanol–water partition coefficient (Wildman–Crippen LogP) is 2.62. The minimum Gasteiger partial charge on any atom is -0.497 e. The molecule has 0 spiro atoms. The van der Waals surface area contributed by atoms with Crippen LogP contribution in [0.4, 0.5) is 0 Å². The third-order valence-corrected chi connectivity index (χ3v) is 3.16. The molecule has 1 aromatic heterocycles. The normalized spacial score (nSPS) is 12.6. The van der Waals surface area contributed by atoms with Crippen molar-refractivity contribution in [2.45, 2.75) is 39.2 Å². The number of hydrogen-bond acceptors (Lipinski definition) is 5. The fourth-order valence-electron chi connectivity index (χ4n) is 2.24. The van der Waals surface area contributed by atoms with Gasteiger partial charge >= 0.3 is 0 Å². The summed E-state index contributed by atoms with van der Waals surface area (Å²) in [6.07, 6.45) is 1.29. The van der Waals surface area contributed by atoms with E-state index in [-0.39, 0.29) is 0 Å². The molecule has 1 unspecified atom stereocenters. The molecule has 1 heterocycles. The van der Waals surface area contributed by atoms with Crippen LogP contribution in [0.25, 0.3) is 0 Å². The van der Waals surface area contributed by atoms with Crippen LogP contribution in [0.2, 0.25) is 0 Å². The molecule has 1 atom stereocenters. The molecule has 21 heavy (non-hydrogen) atoms. The summed E-state index contributed by atoms with van der Waals surface area (Å²) < 4.78 is 10.4. The molecule has 0 saturated carbocycles. The minimum atomic E-state index is -0.435. The average molecular weight is 290 g/mol. The minimum absolute atomic E-state index is 0.406. The molecule has 0 radical (unpaired) electrons. The fourth-order valence-corrected chi connectivity index (χ4v) is 2.24. The van der Waals surface area contributed by atoms with Crippen LogP contribution >= 0.6 is 0 Å². The zero-order valence-corrected chi connectivity index (χ0v) is 12.7. The van der Waals surface area contributed by atoms with Crippen LogP contribution in [0.3, 0.4) is 0 Å². The highest BCUT2D eigenvalue weighted by molar-refractivity contribution is 5.30. The fraction of sp³-hybridized carbons (Fsp3) is 0.500. The number of aromatic nitrogens is 2. The van der Waals surface area contributed by atoms with Gasteiger partial charge in [0.1, 0.15) is 5.75 Å². The van der Waals surface area contributed by atoms with E-state index in [1.54, 1.807) is 7.11 Å². The summed E-state index contributed by atoms with van der Waals surface area (Å²) in [5, 5.41) is 13.9. The van der Waals surface area contributed by atoms with E-state index in [1.165, 1.54) is 0 Å². The van der Waals surface area contributed by atoms with Gasteiger partial charge in [-0.05, 0) is 30.0 Å². The lowest BCUT2D eigenvalue weighted by Gasteiger charge is -2.09. The number of ether oxygens (including phenoxy) is 1. The number of hydrogen-bond donors (Lipinski definition) is 1. The topological polar surface area (TPSA) is 68.4 Å². The zero-order chi connectivity index (χ0) is 15.2. The maximum atomic E-state index is 9.90. The molecule has 2 rings (SSSR count). The predicted molar refractivity (Wildman–Crippen MR) is 79.3 cm³/mol. The van der Waals surface area contributed by atoms with Crippen molar-refractivity contribution in [1.29, 1.82) is 0 Å². The standard InChI is InChI=1S/C16H22N2O3/c1-11(2)7-13(19)10-16-17-15(18-21-16)9-12-5-4-6-14(8-12)20-3/h4-6,8,11,13,19H,7,9-10H2,1-3H3. The van der Waals surface area contributed by atoms with Crippen molar-refractivity contribution < 1.29 is 14.4 Å². The molecule has 2 aromatic rings. The molecule has 0 aliphatic heterocycles. The first-order chi connectivity index (χ1) is 10.1. The first-order valence-corrected chi connectivity index (χ1v) is 7.19. The van der Waals surface area contributed by atoms with E-state index in [0.717, 1.165) is 17.7 Å². The van der Waals surface area contributed by atoms with E-state index < -0.39 is 6.10 Å². The van der Waals surface area contributed by atoms with Gasteiger partial charge in [-0.2, -0.15) is 4.98 Å². The highest BCUT2D eigenvalue weighted by Crippen LogP contribution is 2.16. The van der Waals surface area contributed by atoms with Gasteiger partial charge < -0.3 is 14.4 Å². The average Bonchev–Trinajstić information content (AvgIpc) is 2.85. The van der Waals surface area contributed by atoms with E-state index in [1.807, 2.05) is 24.3 Å². The van der Waals surface area contributed by atoms with Crippen LogP contribution in [-0.2, 0) is 12.8 Å². The zero-order valence-electron chi connectivity index (χ0n) is 12.7. The molecule has 114 valence electrons. The van der Waals surface area contributed by atoms with Crippen LogP contribution < -0.4 is 4.74 Å². The van der Waals surface area contributed by atoms with Crippen LogP contribution in [0.5, 0.6) is 5.75 Å². The van der Waals surface area contributed by atoms with E-state index in [9.17, 15) is 5.11 Å². The summed E-state index contributed by atoms with van der Waals surface area (Å²) in [5.41, 5.74) is 1.06. The quantitative estimate of drug-likeness (QED) is 0.849. The van der Waals surface area contributed by atoms with Crippen molar-refractivity contribution >= 4 is 0 Å². The first kappa shape index (κ1) is 15.5. The van der Waals surface area contributed by atoms with Crippen molar-refractivity contribution in [2.24, 2.45) is 5.92 Å². The van der Waals surface area contributed by atoms with Gasteiger partial charge in [0.25, 0.3) is 0 Å². The lowest BCUT2D eigenvalue weighted by Crippen LogP contribution is -2.13. The van der Waals surface area contributed by atoms with Crippen molar-refractivity contribution in [3.8, 4) is 5.75 Å². The summed E-state index contributed by atoms with van der Waals surface area (Å²) in [5.74, 6) is 2.36. The van der Waals surface area contributed by atoms with Crippen molar-refractivity contribution in [1.82, 2.24) is 10.1 Å². The maximum absolute atomic E-state index is 9.90. The van der Waals surface area contributed by atoms with Gasteiger partial charge in [0.2, 0.25) is 5.89 Å². The second kappa shape index (κ2) is 7.22. The summed E-state index contributed by atoms with van der Waals surface area (Å²) in [4.78, 5) is 4.33. The van der Waals surface area contributed by atoms with Crippen molar-refractivity contribution in [3.05, 3.63) is 41.5 Å². The molecular weight excluding hydrogens is 268 g/mol. The van der Waals surface area contributed by atoms with E-state index >= 15 is 0 Å². The van der Waals surface area contributed by atoms with Crippen LogP contribution in [0.15, 0.2) is 28.8 Å².